The van der Waals surface area contributed by atoms with Crippen LogP contribution in [-0.2, 0) is 0 Å². The van der Waals surface area contributed by atoms with Gasteiger partial charge in [-0.3, -0.25) is 4.79 Å². The highest BCUT2D eigenvalue weighted by Crippen LogP contribution is 2.28. The van der Waals surface area contributed by atoms with Crippen molar-refractivity contribution in [3.63, 3.8) is 0 Å². The molecule has 2 heterocycles. The van der Waals surface area contributed by atoms with Gasteiger partial charge in [0, 0.05) is 17.3 Å². The average molecular weight is 249 g/mol. The summed E-state index contributed by atoms with van der Waals surface area (Å²) in [5, 5.41) is 0. The first-order valence-corrected chi connectivity index (χ1v) is 6.33. The van der Waals surface area contributed by atoms with E-state index in [2.05, 4.69) is 38.1 Å². The third kappa shape index (κ3) is 1.85. The van der Waals surface area contributed by atoms with Crippen LogP contribution < -0.4 is 0 Å². The molecule has 0 spiro atoms. The Balaban J connectivity index is 2.35. The summed E-state index contributed by atoms with van der Waals surface area (Å²) in [5.41, 5.74) is 6.24. The topological polar surface area (TPSA) is 21.5 Å². The smallest absolute Gasteiger partial charge is 0.167 e. The predicted octanol–water partition coefficient (Wildman–Crippen LogP) is 4.04. The van der Waals surface area contributed by atoms with Crippen LogP contribution in [0.2, 0.25) is 0 Å². The van der Waals surface area contributed by atoms with E-state index in [1.807, 2.05) is 28.8 Å². The number of hydrogen-bond donors (Lipinski definition) is 0. The normalized spacial score (nSPS) is 10.8. The highest BCUT2D eigenvalue weighted by atomic mass is 16.1. The summed E-state index contributed by atoms with van der Waals surface area (Å²) in [7, 11) is 0. The molecule has 0 radical (unpaired) electrons. The molecule has 3 aromatic rings. The van der Waals surface area contributed by atoms with Crippen LogP contribution >= 0.6 is 0 Å². The Morgan fingerprint density at radius 2 is 1.89 bits per heavy atom. The van der Waals surface area contributed by atoms with Crippen molar-refractivity contribution >= 4 is 11.8 Å². The van der Waals surface area contributed by atoms with Crippen LogP contribution in [0.25, 0.3) is 16.6 Å². The molecule has 2 nitrogen and oxygen atoms in total. The second-order valence-corrected chi connectivity index (χ2v) is 4.88. The third-order valence-electron chi connectivity index (χ3n) is 3.50. The molecule has 0 saturated heterocycles. The van der Waals surface area contributed by atoms with Crippen LogP contribution in [0.5, 0.6) is 0 Å². The highest BCUT2D eigenvalue weighted by molar-refractivity contribution is 5.90. The minimum Gasteiger partial charge on any atom is -0.313 e. The molecule has 0 aliphatic heterocycles. The lowest BCUT2D eigenvalue weighted by Crippen LogP contribution is -1.92. The Morgan fingerprint density at radius 1 is 1.05 bits per heavy atom. The predicted molar refractivity (Wildman–Crippen MR) is 77.7 cm³/mol. The van der Waals surface area contributed by atoms with Crippen LogP contribution in [-0.4, -0.2) is 10.7 Å². The average Bonchev–Trinajstić information content (AvgIpc) is 2.79. The lowest BCUT2D eigenvalue weighted by Gasteiger charge is -2.02. The zero-order chi connectivity index (χ0) is 13.4. The SMILES string of the molecule is Cc1cccc(-c2cc3c(C)cccn3c2C=O)c1. The van der Waals surface area contributed by atoms with E-state index < -0.39 is 0 Å². The zero-order valence-corrected chi connectivity index (χ0v) is 11.1. The summed E-state index contributed by atoms with van der Waals surface area (Å²) < 4.78 is 1.96. The number of benzene rings is 1. The maximum Gasteiger partial charge on any atom is 0.167 e. The van der Waals surface area contributed by atoms with E-state index in [4.69, 9.17) is 0 Å². The second kappa shape index (κ2) is 4.39. The van der Waals surface area contributed by atoms with Gasteiger partial charge in [0.05, 0.1) is 5.69 Å². The fourth-order valence-electron chi connectivity index (χ4n) is 2.53. The Kier molecular flexibility index (Phi) is 2.71. The van der Waals surface area contributed by atoms with Crippen molar-refractivity contribution in [2.75, 3.05) is 0 Å². The van der Waals surface area contributed by atoms with E-state index in [-0.39, 0.29) is 0 Å². The Hall–Kier alpha value is -2.35. The summed E-state index contributed by atoms with van der Waals surface area (Å²) >= 11 is 0. The number of aromatic nitrogens is 1. The molecule has 3 rings (SSSR count). The fourth-order valence-corrected chi connectivity index (χ4v) is 2.53. The highest BCUT2D eigenvalue weighted by Gasteiger charge is 2.12. The number of fused-ring (bicyclic) bond motifs is 1. The fraction of sp³-hybridized carbons (Fsp3) is 0.118. The molecule has 0 atom stereocenters. The van der Waals surface area contributed by atoms with Gasteiger partial charge in [-0.15, -0.1) is 0 Å². The molecule has 0 aliphatic carbocycles. The quantitative estimate of drug-likeness (QED) is 0.628. The van der Waals surface area contributed by atoms with Gasteiger partial charge in [0.1, 0.15) is 0 Å². The Labute approximate surface area is 112 Å². The van der Waals surface area contributed by atoms with Crippen molar-refractivity contribution < 1.29 is 4.79 Å². The van der Waals surface area contributed by atoms with E-state index in [0.29, 0.717) is 5.69 Å². The van der Waals surface area contributed by atoms with E-state index in [1.54, 1.807) is 0 Å². The van der Waals surface area contributed by atoms with Crippen molar-refractivity contribution in [3.05, 3.63) is 65.5 Å². The summed E-state index contributed by atoms with van der Waals surface area (Å²) in [6, 6.07) is 14.4. The minimum absolute atomic E-state index is 0.712. The molecule has 0 unspecified atom stereocenters. The number of aryl methyl sites for hydroxylation is 2. The van der Waals surface area contributed by atoms with Crippen LogP contribution in [0, 0.1) is 13.8 Å². The van der Waals surface area contributed by atoms with Crippen molar-refractivity contribution in [2.24, 2.45) is 0 Å². The molecular formula is C17H15NO. The van der Waals surface area contributed by atoms with Gasteiger partial charge in [-0.1, -0.05) is 35.9 Å². The molecule has 2 aromatic heterocycles. The Morgan fingerprint density at radius 3 is 2.63 bits per heavy atom. The summed E-state index contributed by atoms with van der Waals surface area (Å²) in [5.74, 6) is 0. The molecule has 1 aromatic carbocycles. The van der Waals surface area contributed by atoms with Crippen molar-refractivity contribution in [2.45, 2.75) is 13.8 Å². The number of rotatable bonds is 2. The van der Waals surface area contributed by atoms with E-state index in [1.165, 1.54) is 11.1 Å². The van der Waals surface area contributed by atoms with Gasteiger partial charge in [0.2, 0.25) is 0 Å². The Bertz CT molecular complexity index is 768. The molecule has 0 N–H and O–H groups in total. The number of carbonyl (C=O) groups excluding carboxylic acids is 1. The van der Waals surface area contributed by atoms with Gasteiger partial charge in [-0.05, 0) is 37.1 Å². The van der Waals surface area contributed by atoms with Crippen molar-refractivity contribution in [3.8, 4) is 11.1 Å². The lowest BCUT2D eigenvalue weighted by atomic mass is 10.0. The maximum absolute atomic E-state index is 11.5. The minimum atomic E-state index is 0.712. The number of nitrogens with zero attached hydrogens (tertiary/aromatic N) is 1. The van der Waals surface area contributed by atoms with Gasteiger partial charge in [-0.2, -0.15) is 0 Å². The van der Waals surface area contributed by atoms with Gasteiger partial charge >= 0.3 is 0 Å². The first-order valence-electron chi connectivity index (χ1n) is 6.33. The molecule has 94 valence electrons. The van der Waals surface area contributed by atoms with Gasteiger partial charge in [-0.25, -0.2) is 0 Å². The molecule has 19 heavy (non-hydrogen) atoms. The standard InChI is InChI=1S/C17H15NO/c1-12-5-3-7-14(9-12)15-10-16-13(2)6-4-8-18(16)17(15)11-19/h3-11H,1-2H3. The summed E-state index contributed by atoms with van der Waals surface area (Å²) in [6.45, 7) is 4.12. The molecule has 0 fully saturated rings. The van der Waals surface area contributed by atoms with Crippen molar-refractivity contribution in [1.82, 2.24) is 4.40 Å². The van der Waals surface area contributed by atoms with Gasteiger partial charge in [0.15, 0.2) is 6.29 Å². The van der Waals surface area contributed by atoms with E-state index in [0.717, 1.165) is 22.9 Å². The van der Waals surface area contributed by atoms with Gasteiger partial charge in [0.25, 0.3) is 0 Å². The molecular weight excluding hydrogens is 234 g/mol. The first-order chi connectivity index (χ1) is 9.20. The van der Waals surface area contributed by atoms with Crippen LogP contribution in [0.3, 0.4) is 0 Å². The van der Waals surface area contributed by atoms with Crippen LogP contribution in [0.1, 0.15) is 21.6 Å². The monoisotopic (exact) mass is 249 g/mol. The number of carbonyl (C=O) groups is 1. The molecule has 0 saturated carbocycles. The van der Waals surface area contributed by atoms with Gasteiger partial charge < -0.3 is 4.40 Å². The number of aldehydes is 1. The third-order valence-corrected chi connectivity index (χ3v) is 3.50. The number of pyridine rings is 1. The lowest BCUT2D eigenvalue weighted by molar-refractivity contribution is 0.111. The first kappa shape index (κ1) is 11.7. The van der Waals surface area contributed by atoms with E-state index in [9.17, 15) is 4.79 Å². The largest absolute Gasteiger partial charge is 0.313 e. The van der Waals surface area contributed by atoms with Crippen LogP contribution in [0.4, 0.5) is 0 Å². The van der Waals surface area contributed by atoms with Crippen LogP contribution in [0.15, 0.2) is 48.7 Å². The zero-order valence-electron chi connectivity index (χ0n) is 11.1. The molecule has 0 bridgehead atoms. The second-order valence-electron chi connectivity index (χ2n) is 4.88. The molecule has 2 heteroatoms. The molecule has 0 amide bonds. The summed E-state index contributed by atoms with van der Waals surface area (Å²) in [6.07, 6.45) is 2.87. The maximum atomic E-state index is 11.5. The molecule has 0 aliphatic rings. The summed E-state index contributed by atoms with van der Waals surface area (Å²) in [4.78, 5) is 11.5. The van der Waals surface area contributed by atoms with E-state index >= 15 is 0 Å². The number of hydrogen-bond acceptors (Lipinski definition) is 1. The van der Waals surface area contributed by atoms with Crippen molar-refractivity contribution in [1.29, 1.82) is 0 Å².